The SMILES string of the molecule is Cn1c(-c2n[nH]c3nc(N4CC[C@@H]5[C@H](C4)[C@@]5(CN)c4ccccc4F)cnc23)ccc(Cl)c1=O. The molecule has 0 spiro atoms. The van der Waals surface area contributed by atoms with E-state index < -0.39 is 0 Å². The molecule has 0 radical (unpaired) electrons. The molecule has 1 aromatic carbocycles. The third-order valence-corrected chi connectivity index (χ3v) is 7.91. The van der Waals surface area contributed by atoms with E-state index in [0.29, 0.717) is 35.0 Å². The van der Waals surface area contributed by atoms with Crippen LogP contribution in [0.15, 0.2) is 47.4 Å². The highest BCUT2D eigenvalue weighted by atomic mass is 35.5. The van der Waals surface area contributed by atoms with Crippen molar-refractivity contribution in [2.75, 3.05) is 24.5 Å². The second kappa shape index (κ2) is 7.61. The van der Waals surface area contributed by atoms with Crippen LogP contribution in [0.1, 0.15) is 12.0 Å². The molecule has 3 N–H and O–H groups in total. The first kappa shape index (κ1) is 21.2. The van der Waals surface area contributed by atoms with Crippen LogP contribution in [0.4, 0.5) is 10.2 Å². The Morgan fingerprint density at radius 2 is 2.09 bits per heavy atom. The summed E-state index contributed by atoms with van der Waals surface area (Å²) in [6, 6.07) is 10.3. The predicted molar refractivity (Wildman–Crippen MR) is 128 cm³/mol. The van der Waals surface area contributed by atoms with E-state index in [4.69, 9.17) is 22.3 Å². The molecule has 4 heterocycles. The average molecular weight is 480 g/mol. The molecule has 34 heavy (non-hydrogen) atoms. The van der Waals surface area contributed by atoms with Gasteiger partial charge in [-0.25, -0.2) is 14.4 Å². The standard InChI is InChI=1S/C24H23ClFN7O/c1-32-18(7-6-16(25)23(32)34)20-21-22(31-30-20)29-19(10-28-21)33-9-8-13-15(11-33)24(13,12-27)14-4-2-3-5-17(14)26/h2-7,10,13,15H,8-9,11-12,27H2,1H3,(H,29,30,31)/t13-,15+,24-/m1/s1. The first-order valence-corrected chi connectivity index (χ1v) is 11.6. The van der Waals surface area contributed by atoms with Gasteiger partial charge in [-0.15, -0.1) is 0 Å². The number of aromatic nitrogens is 5. The number of nitrogens with two attached hydrogens (primary N) is 1. The van der Waals surface area contributed by atoms with Crippen molar-refractivity contribution in [1.82, 2.24) is 24.7 Å². The lowest BCUT2D eigenvalue weighted by Crippen LogP contribution is -2.32. The molecule has 1 aliphatic carbocycles. The van der Waals surface area contributed by atoms with E-state index >= 15 is 0 Å². The number of rotatable bonds is 4. The number of piperidine rings is 1. The fraction of sp³-hybridized carbons (Fsp3) is 0.333. The van der Waals surface area contributed by atoms with Crippen molar-refractivity contribution in [3.63, 3.8) is 0 Å². The van der Waals surface area contributed by atoms with Crippen LogP contribution in [0, 0.1) is 17.7 Å². The third-order valence-electron chi connectivity index (χ3n) is 7.62. The van der Waals surface area contributed by atoms with Gasteiger partial charge >= 0.3 is 0 Å². The van der Waals surface area contributed by atoms with Crippen molar-refractivity contribution in [3.8, 4) is 11.4 Å². The Labute approximate surface area is 199 Å². The van der Waals surface area contributed by atoms with Gasteiger partial charge in [0.05, 0.1) is 11.9 Å². The molecule has 6 rings (SSSR count). The van der Waals surface area contributed by atoms with E-state index in [1.54, 1.807) is 31.4 Å². The molecule has 3 atom stereocenters. The Morgan fingerprint density at radius 1 is 1.26 bits per heavy atom. The van der Waals surface area contributed by atoms with Gasteiger partial charge in [0.25, 0.3) is 5.56 Å². The van der Waals surface area contributed by atoms with Crippen molar-refractivity contribution in [1.29, 1.82) is 0 Å². The monoisotopic (exact) mass is 479 g/mol. The number of halogens is 2. The van der Waals surface area contributed by atoms with E-state index in [9.17, 15) is 9.18 Å². The smallest absolute Gasteiger partial charge is 0.269 e. The molecule has 1 aliphatic heterocycles. The minimum absolute atomic E-state index is 0.145. The maximum absolute atomic E-state index is 14.6. The molecular weight excluding hydrogens is 457 g/mol. The fourth-order valence-electron chi connectivity index (χ4n) is 5.80. The molecule has 1 saturated heterocycles. The topological polar surface area (TPSA) is 106 Å². The molecule has 3 aromatic heterocycles. The number of H-pyrrole nitrogens is 1. The van der Waals surface area contributed by atoms with Crippen molar-refractivity contribution in [2.24, 2.45) is 24.6 Å². The summed E-state index contributed by atoms with van der Waals surface area (Å²) in [5.74, 6) is 1.18. The Bertz CT molecular complexity index is 1480. The first-order valence-electron chi connectivity index (χ1n) is 11.2. The summed E-state index contributed by atoms with van der Waals surface area (Å²) >= 11 is 5.94. The highest BCUT2D eigenvalue weighted by molar-refractivity contribution is 6.30. The average Bonchev–Trinajstić information content (AvgIpc) is 3.32. The van der Waals surface area contributed by atoms with Crippen molar-refractivity contribution >= 4 is 28.6 Å². The molecule has 0 unspecified atom stereocenters. The summed E-state index contributed by atoms with van der Waals surface area (Å²) in [7, 11) is 1.64. The lowest BCUT2D eigenvalue weighted by molar-refractivity contribution is 0.533. The second-order valence-electron chi connectivity index (χ2n) is 9.10. The number of aromatic amines is 1. The maximum Gasteiger partial charge on any atom is 0.269 e. The van der Waals surface area contributed by atoms with Crippen molar-refractivity contribution in [3.05, 3.63) is 69.4 Å². The van der Waals surface area contributed by atoms with Crippen LogP contribution in [0.25, 0.3) is 22.6 Å². The number of fused-ring (bicyclic) bond motifs is 2. The van der Waals surface area contributed by atoms with Gasteiger partial charge in [-0.1, -0.05) is 29.8 Å². The molecule has 2 aliphatic rings. The molecule has 1 saturated carbocycles. The van der Waals surface area contributed by atoms with Crippen LogP contribution in [-0.2, 0) is 12.5 Å². The molecule has 4 aromatic rings. The van der Waals surface area contributed by atoms with Gasteiger partial charge in [0.1, 0.15) is 27.9 Å². The van der Waals surface area contributed by atoms with Gasteiger partial charge in [-0.3, -0.25) is 9.89 Å². The zero-order valence-electron chi connectivity index (χ0n) is 18.5. The number of nitrogens with one attached hydrogen (secondary N) is 1. The number of anilines is 1. The van der Waals surface area contributed by atoms with Gasteiger partial charge in [0.15, 0.2) is 5.65 Å². The molecule has 0 bridgehead atoms. The second-order valence-corrected chi connectivity index (χ2v) is 9.51. The van der Waals surface area contributed by atoms with E-state index in [0.717, 1.165) is 30.9 Å². The van der Waals surface area contributed by atoms with E-state index in [1.165, 1.54) is 10.6 Å². The summed E-state index contributed by atoms with van der Waals surface area (Å²) in [4.78, 5) is 23.8. The Kier molecular flexibility index (Phi) is 4.76. The maximum atomic E-state index is 14.6. The Morgan fingerprint density at radius 3 is 2.88 bits per heavy atom. The summed E-state index contributed by atoms with van der Waals surface area (Å²) in [5, 5.41) is 7.45. The van der Waals surface area contributed by atoms with Gasteiger partial charge in [-0.05, 0) is 42.0 Å². The number of hydrogen-bond donors (Lipinski definition) is 2. The number of pyridine rings is 1. The van der Waals surface area contributed by atoms with Crippen LogP contribution in [0.5, 0.6) is 0 Å². The van der Waals surface area contributed by atoms with Crippen LogP contribution < -0.4 is 16.2 Å². The summed E-state index contributed by atoms with van der Waals surface area (Å²) < 4.78 is 16.1. The normalized spacial score (nSPS) is 23.8. The fourth-order valence-corrected chi connectivity index (χ4v) is 5.99. The van der Waals surface area contributed by atoms with Crippen LogP contribution >= 0.6 is 11.6 Å². The highest BCUT2D eigenvalue weighted by Crippen LogP contribution is 2.63. The zero-order valence-corrected chi connectivity index (χ0v) is 19.3. The van der Waals surface area contributed by atoms with Crippen LogP contribution in [0.3, 0.4) is 0 Å². The Balaban J connectivity index is 1.30. The molecule has 0 amide bonds. The lowest BCUT2D eigenvalue weighted by Gasteiger charge is -2.26. The van der Waals surface area contributed by atoms with Gasteiger partial charge in [-0.2, -0.15) is 5.10 Å². The van der Waals surface area contributed by atoms with Crippen molar-refractivity contribution in [2.45, 2.75) is 11.8 Å². The van der Waals surface area contributed by atoms with Gasteiger partial charge < -0.3 is 15.2 Å². The number of benzene rings is 1. The summed E-state index contributed by atoms with van der Waals surface area (Å²) in [6.45, 7) is 1.96. The molecule has 174 valence electrons. The quantitative estimate of drug-likeness (QED) is 0.466. The van der Waals surface area contributed by atoms with E-state index in [2.05, 4.69) is 20.1 Å². The minimum atomic E-state index is -0.321. The molecule has 10 heteroatoms. The summed E-state index contributed by atoms with van der Waals surface area (Å²) in [5.41, 5.74) is 8.56. The molecular formula is C24H23ClFN7O. The zero-order chi connectivity index (χ0) is 23.6. The molecule has 2 fully saturated rings. The largest absolute Gasteiger partial charge is 0.355 e. The minimum Gasteiger partial charge on any atom is -0.355 e. The predicted octanol–water partition coefficient (Wildman–Crippen LogP) is 2.86. The first-order chi connectivity index (χ1) is 16.5. The number of nitrogens with zero attached hydrogens (tertiary/aromatic N) is 5. The number of hydrogen-bond acceptors (Lipinski definition) is 6. The van der Waals surface area contributed by atoms with Crippen molar-refractivity contribution < 1.29 is 4.39 Å². The van der Waals surface area contributed by atoms with Crippen LogP contribution in [0.2, 0.25) is 5.02 Å². The third kappa shape index (κ3) is 2.93. The lowest BCUT2D eigenvalue weighted by atomic mass is 9.91. The van der Waals surface area contributed by atoms with E-state index in [-0.39, 0.29) is 27.7 Å². The highest BCUT2D eigenvalue weighted by Gasteiger charge is 2.66. The molecule has 8 nitrogen and oxygen atoms in total. The van der Waals surface area contributed by atoms with Gasteiger partial charge in [0, 0.05) is 32.1 Å². The summed E-state index contributed by atoms with van der Waals surface area (Å²) in [6.07, 6.45) is 2.64. The van der Waals surface area contributed by atoms with E-state index in [1.807, 2.05) is 12.1 Å². The van der Waals surface area contributed by atoms with Gasteiger partial charge in [0.2, 0.25) is 0 Å². The van der Waals surface area contributed by atoms with Crippen LogP contribution in [-0.4, -0.2) is 44.4 Å². The Hall–Kier alpha value is -3.30.